The number of anilines is 1. The quantitative estimate of drug-likeness (QED) is 0.623. The number of halogens is 2. The number of carbonyl (C=O) groups is 1. The summed E-state index contributed by atoms with van der Waals surface area (Å²) in [5.41, 5.74) is 0.378. The normalized spacial score (nSPS) is 12.8. The van der Waals surface area contributed by atoms with Crippen molar-refractivity contribution >= 4 is 60.9 Å². The first-order valence-electron chi connectivity index (χ1n) is 7.56. The van der Waals surface area contributed by atoms with Crippen LogP contribution in [0.3, 0.4) is 0 Å². The molecule has 2 aromatic carbocycles. The molecule has 0 bridgehead atoms. The van der Waals surface area contributed by atoms with Crippen LogP contribution < -0.4 is 5.32 Å². The summed E-state index contributed by atoms with van der Waals surface area (Å²) in [5, 5.41) is 2.49. The topological polar surface area (TPSA) is 66.5 Å². The van der Waals surface area contributed by atoms with Gasteiger partial charge in [0.1, 0.15) is 4.90 Å². The fourth-order valence-corrected chi connectivity index (χ4v) is 4.52. The van der Waals surface area contributed by atoms with Gasteiger partial charge in [-0.1, -0.05) is 27.5 Å². The summed E-state index contributed by atoms with van der Waals surface area (Å²) in [7, 11) is -0.849. The summed E-state index contributed by atoms with van der Waals surface area (Å²) >= 11 is 10.8. The van der Waals surface area contributed by atoms with Gasteiger partial charge in [-0.25, -0.2) is 12.7 Å². The van der Waals surface area contributed by atoms with Gasteiger partial charge in [-0.2, -0.15) is 0 Å². The van der Waals surface area contributed by atoms with Gasteiger partial charge >= 0.3 is 0 Å². The van der Waals surface area contributed by atoms with E-state index in [9.17, 15) is 13.2 Å². The van der Waals surface area contributed by atoms with Crippen molar-refractivity contribution in [1.82, 2.24) is 4.31 Å². The zero-order valence-electron chi connectivity index (χ0n) is 14.4. The molecule has 0 saturated heterocycles. The Morgan fingerprint density at radius 1 is 1.19 bits per heavy atom. The fourth-order valence-electron chi connectivity index (χ4n) is 1.99. The lowest BCUT2D eigenvalue weighted by atomic mass is 10.3. The zero-order valence-corrected chi connectivity index (χ0v) is 18.3. The predicted octanol–water partition coefficient (Wildman–Crippen LogP) is 4.47. The number of nitrogens with zero attached hydrogens (tertiary/aromatic N) is 1. The van der Waals surface area contributed by atoms with Crippen molar-refractivity contribution in [3.8, 4) is 0 Å². The number of hydrogen-bond donors (Lipinski definition) is 1. The maximum absolute atomic E-state index is 12.4. The number of sulfonamides is 1. The third-order valence-electron chi connectivity index (χ3n) is 3.45. The highest BCUT2D eigenvalue weighted by Crippen LogP contribution is 2.29. The molecule has 0 fully saturated rings. The van der Waals surface area contributed by atoms with Crippen molar-refractivity contribution in [2.24, 2.45) is 0 Å². The molecule has 0 aliphatic heterocycles. The van der Waals surface area contributed by atoms with Gasteiger partial charge in [0, 0.05) is 29.2 Å². The second-order valence-corrected chi connectivity index (χ2v) is 10.5. The maximum Gasteiger partial charge on any atom is 0.244 e. The Bertz CT molecular complexity index is 903. The van der Waals surface area contributed by atoms with Crippen LogP contribution in [0.15, 0.2) is 56.7 Å². The van der Waals surface area contributed by atoms with Crippen LogP contribution in [0.1, 0.15) is 6.92 Å². The van der Waals surface area contributed by atoms with E-state index >= 15 is 0 Å². The van der Waals surface area contributed by atoms with Gasteiger partial charge in [0.2, 0.25) is 15.9 Å². The summed E-state index contributed by atoms with van der Waals surface area (Å²) < 4.78 is 26.7. The van der Waals surface area contributed by atoms with Gasteiger partial charge in [0.15, 0.2) is 0 Å². The molecule has 0 aliphatic carbocycles. The molecule has 1 unspecified atom stereocenters. The number of amides is 1. The Morgan fingerprint density at radius 3 is 2.38 bits per heavy atom. The number of hydrogen-bond acceptors (Lipinski definition) is 4. The molecule has 5 nitrogen and oxygen atoms in total. The second kappa shape index (κ2) is 8.75. The first kappa shape index (κ1) is 21.2. The molecular formula is C17H18BrClN2O3S2. The van der Waals surface area contributed by atoms with E-state index < -0.39 is 10.0 Å². The van der Waals surface area contributed by atoms with Gasteiger partial charge < -0.3 is 5.32 Å². The molecule has 2 rings (SSSR count). The number of rotatable bonds is 6. The van der Waals surface area contributed by atoms with E-state index in [1.807, 2.05) is 24.3 Å². The lowest BCUT2D eigenvalue weighted by Crippen LogP contribution is -2.24. The summed E-state index contributed by atoms with van der Waals surface area (Å²) in [6, 6.07) is 12.1. The highest BCUT2D eigenvalue weighted by molar-refractivity contribution is 9.10. The molecule has 1 N–H and O–H groups in total. The molecule has 140 valence electrons. The van der Waals surface area contributed by atoms with E-state index in [4.69, 9.17) is 11.6 Å². The Morgan fingerprint density at radius 2 is 1.81 bits per heavy atom. The van der Waals surface area contributed by atoms with Gasteiger partial charge in [0.05, 0.1) is 10.3 Å². The smallest absolute Gasteiger partial charge is 0.244 e. The lowest BCUT2D eigenvalue weighted by molar-refractivity contribution is -0.115. The SMILES string of the molecule is CC(Sc1ccc(Br)cc1)C(=O)Nc1ccc(Cl)c(S(=O)(=O)N(C)C)c1. The van der Waals surface area contributed by atoms with E-state index in [-0.39, 0.29) is 21.1 Å². The number of thioether (sulfide) groups is 1. The van der Waals surface area contributed by atoms with Crippen LogP contribution in [0.5, 0.6) is 0 Å². The van der Waals surface area contributed by atoms with E-state index in [0.717, 1.165) is 13.7 Å². The minimum absolute atomic E-state index is 0.0461. The Kier molecular flexibility index (Phi) is 7.15. The number of nitrogens with one attached hydrogen (secondary N) is 1. The third kappa shape index (κ3) is 5.23. The van der Waals surface area contributed by atoms with Crippen molar-refractivity contribution in [2.75, 3.05) is 19.4 Å². The molecule has 0 aromatic heterocycles. The molecule has 9 heteroatoms. The van der Waals surface area contributed by atoms with Crippen molar-refractivity contribution < 1.29 is 13.2 Å². The molecule has 2 aromatic rings. The van der Waals surface area contributed by atoms with Crippen molar-refractivity contribution in [3.63, 3.8) is 0 Å². The molecule has 1 amide bonds. The average Bonchev–Trinajstić information content (AvgIpc) is 2.58. The highest BCUT2D eigenvalue weighted by atomic mass is 79.9. The minimum atomic E-state index is -3.70. The van der Waals surface area contributed by atoms with Crippen molar-refractivity contribution in [3.05, 3.63) is 52.0 Å². The molecule has 0 heterocycles. The van der Waals surface area contributed by atoms with Gasteiger partial charge in [-0.15, -0.1) is 11.8 Å². The Labute approximate surface area is 171 Å². The molecule has 0 spiro atoms. The second-order valence-electron chi connectivity index (χ2n) is 5.64. The van der Waals surface area contributed by atoms with Crippen molar-refractivity contribution in [2.45, 2.75) is 22.0 Å². The van der Waals surface area contributed by atoms with E-state index in [2.05, 4.69) is 21.2 Å². The maximum atomic E-state index is 12.4. The van der Waals surface area contributed by atoms with Crippen molar-refractivity contribution in [1.29, 1.82) is 0 Å². The molecule has 0 aliphatic rings. The summed E-state index contributed by atoms with van der Waals surface area (Å²) in [6.07, 6.45) is 0. The molecule has 26 heavy (non-hydrogen) atoms. The molecule has 0 saturated carbocycles. The van der Waals surface area contributed by atoms with Crippen LogP contribution in [0.2, 0.25) is 5.02 Å². The lowest BCUT2D eigenvalue weighted by Gasteiger charge is -2.15. The molecule has 1 atom stereocenters. The largest absolute Gasteiger partial charge is 0.325 e. The van der Waals surface area contributed by atoms with Crippen LogP contribution in [0.25, 0.3) is 0 Å². The molecular weight excluding hydrogens is 460 g/mol. The van der Waals surface area contributed by atoms with Gasteiger partial charge in [0.25, 0.3) is 0 Å². The van der Waals surface area contributed by atoms with Crippen LogP contribution in [0, 0.1) is 0 Å². The van der Waals surface area contributed by atoms with Crippen LogP contribution in [-0.2, 0) is 14.8 Å². The van der Waals surface area contributed by atoms with E-state index in [1.165, 1.54) is 38.0 Å². The van der Waals surface area contributed by atoms with Crippen LogP contribution in [0.4, 0.5) is 5.69 Å². The monoisotopic (exact) mass is 476 g/mol. The summed E-state index contributed by atoms with van der Waals surface area (Å²) in [4.78, 5) is 13.3. The summed E-state index contributed by atoms with van der Waals surface area (Å²) in [5.74, 6) is -0.228. The third-order valence-corrected chi connectivity index (χ3v) is 7.39. The van der Waals surface area contributed by atoms with Gasteiger partial charge in [-0.05, 0) is 49.4 Å². The highest BCUT2D eigenvalue weighted by Gasteiger charge is 2.22. The predicted molar refractivity (Wildman–Crippen MR) is 110 cm³/mol. The van der Waals surface area contributed by atoms with E-state index in [1.54, 1.807) is 13.0 Å². The zero-order chi connectivity index (χ0) is 19.5. The number of carbonyl (C=O) groups excluding carboxylic acids is 1. The summed E-state index contributed by atoms with van der Waals surface area (Å²) in [6.45, 7) is 1.79. The molecule has 0 radical (unpaired) electrons. The Hall–Kier alpha value is -1.06. The van der Waals surface area contributed by atoms with Crippen LogP contribution >= 0.6 is 39.3 Å². The van der Waals surface area contributed by atoms with E-state index in [0.29, 0.717) is 5.69 Å². The average molecular weight is 478 g/mol. The first-order valence-corrected chi connectivity index (χ1v) is 11.1. The Balaban J connectivity index is 2.15. The number of benzene rings is 2. The first-order chi connectivity index (χ1) is 12.1. The fraction of sp³-hybridized carbons (Fsp3) is 0.235. The van der Waals surface area contributed by atoms with Gasteiger partial charge in [-0.3, -0.25) is 4.79 Å². The van der Waals surface area contributed by atoms with Crippen LogP contribution in [-0.4, -0.2) is 38.0 Å². The minimum Gasteiger partial charge on any atom is -0.325 e. The standard InChI is InChI=1S/C17H18BrClN2O3S2/c1-11(25-14-7-4-12(18)5-8-14)17(22)20-13-6-9-15(19)16(10-13)26(23,24)21(2)3/h4-11H,1-3H3,(H,20,22).